The van der Waals surface area contributed by atoms with Crippen LogP contribution in [-0.2, 0) is 0 Å². The van der Waals surface area contributed by atoms with Gasteiger partial charge >= 0.3 is 0 Å². The average molecular weight is 341 g/mol. The molecule has 0 aliphatic carbocycles. The number of halogens is 1. The Bertz CT molecular complexity index is 825. The number of carbonyl (C=O) groups excluding carboxylic acids is 1. The van der Waals surface area contributed by atoms with Crippen molar-refractivity contribution < 1.29 is 9.53 Å². The summed E-state index contributed by atoms with van der Waals surface area (Å²) in [7, 11) is 0. The zero-order chi connectivity index (χ0) is 14.8. The molecule has 0 N–H and O–H groups in total. The highest BCUT2D eigenvalue weighted by atomic mass is 79.9. The molecule has 0 atom stereocenters. The standard InChI is InChI=1S/C18H13BrO2/c1-12-10-13(11-20)6-8-16(12)21-17-9-7-14-4-2-3-5-15(14)18(17)19/h2-11H,1H3. The molecule has 0 bridgehead atoms. The third kappa shape index (κ3) is 2.69. The number of rotatable bonds is 3. The van der Waals surface area contributed by atoms with Gasteiger partial charge in [-0.2, -0.15) is 0 Å². The van der Waals surface area contributed by atoms with E-state index in [1.165, 1.54) is 0 Å². The van der Waals surface area contributed by atoms with Crippen LogP contribution in [0.4, 0.5) is 0 Å². The second-order valence-electron chi connectivity index (χ2n) is 4.84. The van der Waals surface area contributed by atoms with Crippen LogP contribution in [0.15, 0.2) is 59.1 Å². The van der Waals surface area contributed by atoms with Gasteiger partial charge in [-0.1, -0.05) is 30.3 Å². The lowest BCUT2D eigenvalue weighted by molar-refractivity contribution is 0.112. The van der Waals surface area contributed by atoms with Crippen molar-refractivity contribution in [2.45, 2.75) is 6.92 Å². The van der Waals surface area contributed by atoms with E-state index in [9.17, 15) is 4.79 Å². The fourth-order valence-electron chi connectivity index (χ4n) is 2.27. The molecule has 21 heavy (non-hydrogen) atoms. The molecule has 104 valence electrons. The lowest BCUT2D eigenvalue weighted by Crippen LogP contribution is -1.91. The number of fused-ring (bicyclic) bond motifs is 1. The molecule has 3 aromatic rings. The van der Waals surface area contributed by atoms with Gasteiger partial charge in [-0.15, -0.1) is 0 Å². The molecule has 3 aromatic carbocycles. The van der Waals surface area contributed by atoms with Crippen LogP contribution < -0.4 is 4.74 Å². The van der Waals surface area contributed by atoms with Gasteiger partial charge in [0.2, 0.25) is 0 Å². The Morgan fingerprint density at radius 2 is 1.76 bits per heavy atom. The molecule has 3 rings (SSSR count). The predicted octanol–water partition coefficient (Wildman–Crippen LogP) is 5.52. The lowest BCUT2D eigenvalue weighted by atomic mass is 10.1. The first-order chi connectivity index (χ1) is 10.2. The van der Waals surface area contributed by atoms with Crippen molar-refractivity contribution in [1.29, 1.82) is 0 Å². The van der Waals surface area contributed by atoms with Crippen molar-refractivity contribution in [3.8, 4) is 11.5 Å². The molecule has 0 spiro atoms. The van der Waals surface area contributed by atoms with Gasteiger partial charge in [0.25, 0.3) is 0 Å². The molecule has 0 amide bonds. The van der Waals surface area contributed by atoms with Gasteiger partial charge in [-0.3, -0.25) is 4.79 Å². The van der Waals surface area contributed by atoms with Crippen LogP contribution in [0, 0.1) is 6.92 Å². The van der Waals surface area contributed by atoms with Crippen LogP contribution in [0.5, 0.6) is 11.5 Å². The summed E-state index contributed by atoms with van der Waals surface area (Å²) < 4.78 is 6.91. The van der Waals surface area contributed by atoms with Crippen molar-refractivity contribution in [3.63, 3.8) is 0 Å². The normalized spacial score (nSPS) is 10.6. The summed E-state index contributed by atoms with van der Waals surface area (Å²) in [6, 6.07) is 17.5. The molecule has 2 nitrogen and oxygen atoms in total. The van der Waals surface area contributed by atoms with Gasteiger partial charge in [0.15, 0.2) is 0 Å². The van der Waals surface area contributed by atoms with Crippen LogP contribution in [0.25, 0.3) is 10.8 Å². The minimum Gasteiger partial charge on any atom is -0.456 e. The Morgan fingerprint density at radius 3 is 2.52 bits per heavy atom. The fraction of sp³-hybridized carbons (Fsp3) is 0.0556. The third-order valence-electron chi connectivity index (χ3n) is 3.38. The highest BCUT2D eigenvalue weighted by Gasteiger charge is 2.08. The average Bonchev–Trinajstić information content (AvgIpc) is 2.52. The molecular weight excluding hydrogens is 328 g/mol. The summed E-state index contributed by atoms with van der Waals surface area (Å²) in [5.74, 6) is 1.51. The number of aryl methyl sites for hydroxylation is 1. The molecule has 0 heterocycles. The second-order valence-corrected chi connectivity index (χ2v) is 5.64. The van der Waals surface area contributed by atoms with Crippen molar-refractivity contribution >= 4 is 33.0 Å². The first-order valence-corrected chi connectivity index (χ1v) is 7.39. The minimum absolute atomic E-state index is 0.650. The van der Waals surface area contributed by atoms with Crippen LogP contribution in [0.3, 0.4) is 0 Å². The maximum Gasteiger partial charge on any atom is 0.150 e. The Kier molecular flexibility index (Phi) is 3.76. The zero-order valence-corrected chi connectivity index (χ0v) is 13.1. The maximum absolute atomic E-state index is 10.8. The second kappa shape index (κ2) is 5.70. The molecule has 0 fully saturated rings. The van der Waals surface area contributed by atoms with Gasteiger partial charge in [0.05, 0.1) is 4.47 Å². The van der Waals surface area contributed by atoms with Gasteiger partial charge in [-0.25, -0.2) is 0 Å². The van der Waals surface area contributed by atoms with Crippen molar-refractivity contribution in [2.24, 2.45) is 0 Å². The van der Waals surface area contributed by atoms with Gasteiger partial charge in [-0.05, 0) is 63.5 Å². The molecule has 3 heteroatoms. The Hall–Kier alpha value is -2.13. The largest absolute Gasteiger partial charge is 0.456 e. The number of hydrogen-bond donors (Lipinski definition) is 0. The first kappa shape index (κ1) is 13.8. The van der Waals surface area contributed by atoms with Gasteiger partial charge in [0.1, 0.15) is 17.8 Å². The molecule has 0 aliphatic heterocycles. The molecule has 0 saturated carbocycles. The first-order valence-electron chi connectivity index (χ1n) is 6.60. The van der Waals surface area contributed by atoms with E-state index in [0.717, 1.165) is 38.6 Å². The number of aldehydes is 1. The van der Waals surface area contributed by atoms with E-state index in [-0.39, 0.29) is 0 Å². The molecule has 0 saturated heterocycles. The zero-order valence-electron chi connectivity index (χ0n) is 11.5. The highest BCUT2D eigenvalue weighted by Crippen LogP contribution is 2.36. The summed E-state index contributed by atoms with van der Waals surface area (Å²) >= 11 is 3.61. The molecular formula is C18H13BrO2. The SMILES string of the molecule is Cc1cc(C=O)ccc1Oc1ccc2ccccc2c1Br. The predicted molar refractivity (Wildman–Crippen MR) is 88.3 cm³/mol. The van der Waals surface area contributed by atoms with E-state index in [4.69, 9.17) is 4.74 Å². The summed E-state index contributed by atoms with van der Waals surface area (Å²) in [6.45, 7) is 1.93. The van der Waals surface area contributed by atoms with E-state index in [1.807, 2.05) is 43.3 Å². The van der Waals surface area contributed by atoms with Crippen molar-refractivity contribution in [1.82, 2.24) is 0 Å². The smallest absolute Gasteiger partial charge is 0.150 e. The summed E-state index contributed by atoms with van der Waals surface area (Å²) in [5.41, 5.74) is 1.58. The topological polar surface area (TPSA) is 26.3 Å². The summed E-state index contributed by atoms with van der Waals surface area (Å²) in [4.78, 5) is 10.8. The van der Waals surface area contributed by atoms with Crippen LogP contribution in [-0.4, -0.2) is 6.29 Å². The van der Waals surface area contributed by atoms with E-state index in [1.54, 1.807) is 6.07 Å². The number of carbonyl (C=O) groups is 1. The number of benzene rings is 3. The van der Waals surface area contributed by atoms with Crippen LogP contribution in [0.2, 0.25) is 0 Å². The quantitative estimate of drug-likeness (QED) is 0.587. The number of ether oxygens (including phenoxy) is 1. The van der Waals surface area contributed by atoms with Crippen molar-refractivity contribution in [3.05, 3.63) is 70.2 Å². The maximum atomic E-state index is 10.8. The Labute approximate surface area is 131 Å². The van der Waals surface area contributed by atoms with Gasteiger partial charge < -0.3 is 4.74 Å². The van der Waals surface area contributed by atoms with Gasteiger partial charge in [0, 0.05) is 5.56 Å². The van der Waals surface area contributed by atoms with E-state index >= 15 is 0 Å². The Morgan fingerprint density at radius 1 is 1.00 bits per heavy atom. The monoisotopic (exact) mass is 340 g/mol. The third-order valence-corrected chi connectivity index (χ3v) is 4.20. The van der Waals surface area contributed by atoms with Crippen LogP contribution >= 0.6 is 15.9 Å². The number of hydrogen-bond acceptors (Lipinski definition) is 2. The summed E-state index contributed by atoms with van der Waals surface area (Å²) in [5, 5.41) is 2.27. The minimum atomic E-state index is 0.650. The highest BCUT2D eigenvalue weighted by molar-refractivity contribution is 9.10. The van der Waals surface area contributed by atoms with E-state index < -0.39 is 0 Å². The lowest BCUT2D eigenvalue weighted by Gasteiger charge is -2.12. The van der Waals surface area contributed by atoms with E-state index in [0.29, 0.717) is 5.56 Å². The summed E-state index contributed by atoms with van der Waals surface area (Å²) in [6.07, 6.45) is 0.836. The Balaban J connectivity index is 2.02. The molecule has 0 unspecified atom stereocenters. The molecule has 0 aliphatic rings. The van der Waals surface area contributed by atoms with Crippen molar-refractivity contribution in [2.75, 3.05) is 0 Å². The molecule has 0 radical (unpaired) electrons. The fourth-order valence-corrected chi connectivity index (χ4v) is 2.85. The molecule has 0 aromatic heterocycles. The van der Waals surface area contributed by atoms with E-state index in [2.05, 4.69) is 28.1 Å². The van der Waals surface area contributed by atoms with Crippen LogP contribution in [0.1, 0.15) is 15.9 Å².